The summed E-state index contributed by atoms with van der Waals surface area (Å²) in [6.07, 6.45) is 0. The Balaban J connectivity index is 2.58. The van der Waals surface area contributed by atoms with Crippen molar-refractivity contribution in [3.63, 3.8) is 0 Å². The second kappa shape index (κ2) is 7.17. The lowest BCUT2D eigenvalue weighted by atomic mass is 10.2. The highest BCUT2D eigenvalue weighted by Crippen LogP contribution is 2.16. The Morgan fingerprint density at radius 1 is 1.17 bits per heavy atom. The minimum absolute atomic E-state index is 0.139. The molecular formula is C15H14N4O4. The topological polar surface area (TPSA) is 107 Å². The number of nitriles is 1. The van der Waals surface area contributed by atoms with Crippen LogP contribution in [0.2, 0.25) is 0 Å². The summed E-state index contributed by atoms with van der Waals surface area (Å²) in [6.45, 7) is 3.58. The molecule has 8 heteroatoms. The highest BCUT2D eigenvalue weighted by molar-refractivity contribution is 5.90. The molecule has 0 N–H and O–H groups in total. The van der Waals surface area contributed by atoms with Gasteiger partial charge in [-0.1, -0.05) is 12.1 Å². The summed E-state index contributed by atoms with van der Waals surface area (Å²) in [6, 6.07) is 8.51. The fourth-order valence-corrected chi connectivity index (χ4v) is 1.84. The van der Waals surface area contributed by atoms with Crippen LogP contribution in [-0.2, 0) is 9.47 Å². The smallest absolute Gasteiger partial charge is 0.378 e. The van der Waals surface area contributed by atoms with E-state index in [1.807, 2.05) is 6.07 Å². The van der Waals surface area contributed by atoms with Crippen LogP contribution in [0.25, 0.3) is 5.69 Å². The number of ether oxygens (including phenoxy) is 2. The molecule has 1 heterocycles. The zero-order valence-electron chi connectivity index (χ0n) is 12.6. The van der Waals surface area contributed by atoms with Gasteiger partial charge >= 0.3 is 11.9 Å². The Morgan fingerprint density at radius 3 is 2.48 bits per heavy atom. The van der Waals surface area contributed by atoms with Crippen molar-refractivity contribution in [2.75, 3.05) is 13.2 Å². The van der Waals surface area contributed by atoms with E-state index in [-0.39, 0.29) is 30.4 Å². The fourth-order valence-electron chi connectivity index (χ4n) is 1.84. The number of benzene rings is 1. The average Bonchev–Trinajstić information content (AvgIpc) is 3.00. The van der Waals surface area contributed by atoms with E-state index in [9.17, 15) is 14.9 Å². The van der Waals surface area contributed by atoms with E-state index in [0.29, 0.717) is 5.69 Å². The zero-order chi connectivity index (χ0) is 16.8. The molecule has 23 heavy (non-hydrogen) atoms. The van der Waals surface area contributed by atoms with Crippen LogP contribution in [0, 0.1) is 11.3 Å². The molecule has 2 aromatic rings. The van der Waals surface area contributed by atoms with Crippen molar-refractivity contribution in [1.82, 2.24) is 14.8 Å². The van der Waals surface area contributed by atoms with Gasteiger partial charge in [0, 0.05) is 0 Å². The minimum atomic E-state index is -0.758. The maximum absolute atomic E-state index is 12.1. The molecule has 1 aromatic carbocycles. The Hall–Kier alpha value is -3.21. The van der Waals surface area contributed by atoms with Gasteiger partial charge in [0.25, 0.3) is 5.82 Å². The first kappa shape index (κ1) is 16.2. The van der Waals surface area contributed by atoms with E-state index < -0.39 is 11.9 Å². The Bertz CT molecular complexity index is 776. The number of carbonyl (C=O) groups is 2. The van der Waals surface area contributed by atoms with Crippen molar-refractivity contribution in [2.45, 2.75) is 13.8 Å². The monoisotopic (exact) mass is 314 g/mol. The van der Waals surface area contributed by atoms with Gasteiger partial charge in [-0.2, -0.15) is 10.2 Å². The zero-order valence-corrected chi connectivity index (χ0v) is 12.6. The maximum atomic E-state index is 12.1. The quantitative estimate of drug-likeness (QED) is 0.769. The highest BCUT2D eigenvalue weighted by Gasteiger charge is 2.25. The van der Waals surface area contributed by atoms with Gasteiger partial charge in [0.2, 0.25) is 5.82 Å². The summed E-state index contributed by atoms with van der Waals surface area (Å²) in [4.78, 5) is 27.7. The molecule has 0 saturated heterocycles. The molecule has 0 aliphatic carbocycles. The molecule has 0 atom stereocenters. The number of esters is 2. The predicted octanol–water partition coefficient (Wildman–Crippen LogP) is 1.49. The lowest BCUT2D eigenvalue weighted by molar-refractivity contribution is 0.0508. The number of hydrogen-bond acceptors (Lipinski definition) is 7. The van der Waals surface area contributed by atoms with Crippen molar-refractivity contribution in [3.8, 4) is 11.8 Å². The standard InChI is InChI=1S/C15H14N4O4/c1-3-22-14(20)12-17-13(15(21)23-4-2)19(18-12)11-8-6-5-7-10(11)9-16/h5-8H,3-4H2,1-2H3. The normalized spacial score (nSPS) is 9.96. The SMILES string of the molecule is CCOC(=O)c1nc(C(=O)OCC)n(-c2ccccc2C#N)n1. The largest absolute Gasteiger partial charge is 0.460 e. The van der Waals surface area contributed by atoms with Gasteiger partial charge in [0.15, 0.2) is 0 Å². The van der Waals surface area contributed by atoms with Crippen LogP contribution in [0.15, 0.2) is 24.3 Å². The van der Waals surface area contributed by atoms with Gasteiger partial charge in [0.05, 0.1) is 24.5 Å². The molecule has 0 spiro atoms. The lowest BCUT2D eigenvalue weighted by Gasteiger charge is -2.06. The van der Waals surface area contributed by atoms with Crippen molar-refractivity contribution in [3.05, 3.63) is 41.5 Å². The molecule has 0 fully saturated rings. The van der Waals surface area contributed by atoms with E-state index in [0.717, 1.165) is 4.68 Å². The third-order valence-corrected chi connectivity index (χ3v) is 2.78. The molecule has 118 valence electrons. The van der Waals surface area contributed by atoms with Crippen molar-refractivity contribution < 1.29 is 19.1 Å². The van der Waals surface area contributed by atoms with Crippen molar-refractivity contribution >= 4 is 11.9 Å². The molecule has 0 aliphatic heterocycles. The molecule has 0 bridgehead atoms. The van der Waals surface area contributed by atoms with Crippen LogP contribution in [0.5, 0.6) is 0 Å². The van der Waals surface area contributed by atoms with Crippen LogP contribution >= 0.6 is 0 Å². The Kier molecular flexibility index (Phi) is 5.04. The maximum Gasteiger partial charge on any atom is 0.378 e. The average molecular weight is 314 g/mol. The summed E-state index contributed by atoms with van der Waals surface area (Å²) in [5, 5.41) is 13.2. The lowest BCUT2D eigenvalue weighted by Crippen LogP contribution is -2.14. The first-order valence-electron chi connectivity index (χ1n) is 6.93. The van der Waals surface area contributed by atoms with E-state index in [4.69, 9.17) is 9.47 Å². The van der Waals surface area contributed by atoms with Crippen molar-refractivity contribution in [1.29, 1.82) is 5.26 Å². The van der Waals surface area contributed by atoms with Crippen molar-refractivity contribution in [2.24, 2.45) is 0 Å². The second-order valence-corrected chi connectivity index (χ2v) is 4.24. The van der Waals surface area contributed by atoms with Crippen LogP contribution < -0.4 is 0 Å². The molecule has 0 unspecified atom stereocenters. The summed E-state index contributed by atoms with van der Waals surface area (Å²) >= 11 is 0. The summed E-state index contributed by atoms with van der Waals surface area (Å²) in [5.74, 6) is -1.98. The summed E-state index contributed by atoms with van der Waals surface area (Å²) in [5.41, 5.74) is 0.597. The number of para-hydroxylation sites is 1. The first-order chi connectivity index (χ1) is 11.1. The van der Waals surface area contributed by atoms with E-state index in [1.54, 1.807) is 38.1 Å². The van der Waals surface area contributed by atoms with E-state index >= 15 is 0 Å². The minimum Gasteiger partial charge on any atom is -0.460 e. The van der Waals surface area contributed by atoms with E-state index in [2.05, 4.69) is 10.1 Å². The summed E-state index contributed by atoms with van der Waals surface area (Å²) in [7, 11) is 0. The number of hydrogen-bond donors (Lipinski definition) is 0. The molecule has 0 saturated carbocycles. The number of rotatable bonds is 5. The Morgan fingerprint density at radius 2 is 1.83 bits per heavy atom. The molecule has 1 aromatic heterocycles. The molecule has 0 radical (unpaired) electrons. The van der Waals surface area contributed by atoms with Gasteiger partial charge in [-0.05, 0) is 26.0 Å². The fraction of sp³-hybridized carbons (Fsp3) is 0.267. The number of carbonyl (C=O) groups excluding carboxylic acids is 2. The van der Waals surface area contributed by atoms with Crippen LogP contribution in [0.3, 0.4) is 0 Å². The van der Waals surface area contributed by atoms with Gasteiger partial charge in [0.1, 0.15) is 6.07 Å². The number of aromatic nitrogens is 3. The molecule has 0 amide bonds. The molecule has 2 rings (SSSR count). The second-order valence-electron chi connectivity index (χ2n) is 4.24. The van der Waals surface area contributed by atoms with Gasteiger partial charge < -0.3 is 9.47 Å². The Labute approximate surface area is 132 Å². The predicted molar refractivity (Wildman–Crippen MR) is 78.0 cm³/mol. The van der Waals surface area contributed by atoms with E-state index in [1.165, 1.54) is 0 Å². The third kappa shape index (κ3) is 3.35. The van der Waals surface area contributed by atoms with Gasteiger partial charge in [-0.15, -0.1) is 5.10 Å². The molecular weight excluding hydrogens is 300 g/mol. The van der Waals surface area contributed by atoms with Crippen LogP contribution in [-0.4, -0.2) is 39.9 Å². The number of nitrogens with zero attached hydrogens (tertiary/aromatic N) is 4. The van der Waals surface area contributed by atoms with Gasteiger partial charge in [-0.25, -0.2) is 14.3 Å². The van der Waals surface area contributed by atoms with Crippen LogP contribution in [0.1, 0.15) is 40.6 Å². The third-order valence-electron chi connectivity index (χ3n) is 2.78. The van der Waals surface area contributed by atoms with Gasteiger partial charge in [-0.3, -0.25) is 0 Å². The highest BCUT2D eigenvalue weighted by atomic mass is 16.5. The molecule has 8 nitrogen and oxygen atoms in total. The molecule has 0 aliphatic rings. The first-order valence-corrected chi connectivity index (χ1v) is 6.93. The van der Waals surface area contributed by atoms with Crippen LogP contribution in [0.4, 0.5) is 0 Å². The summed E-state index contributed by atoms with van der Waals surface area (Å²) < 4.78 is 10.9.